The average Bonchev–Trinajstić information content (AvgIpc) is 3.09. The van der Waals surface area contributed by atoms with Gasteiger partial charge in [0.2, 0.25) is 0 Å². The van der Waals surface area contributed by atoms with Gasteiger partial charge in [0.15, 0.2) is 0 Å². The summed E-state index contributed by atoms with van der Waals surface area (Å²) in [5.74, 6) is 1.27. The molecule has 9 atom stereocenters. The highest BCUT2D eigenvalue weighted by molar-refractivity contribution is 5.76. The smallest absolute Gasteiger partial charge is 0.306 e. The molecule has 0 aromatic rings. The lowest BCUT2D eigenvalue weighted by Crippen LogP contribution is -2.35. The summed E-state index contributed by atoms with van der Waals surface area (Å²) in [5.41, 5.74) is 0. The number of esters is 3. The summed E-state index contributed by atoms with van der Waals surface area (Å²) in [6.07, 6.45) is 11.8. The molecule has 12 nitrogen and oxygen atoms in total. The van der Waals surface area contributed by atoms with E-state index in [9.17, 15) is 28.8 Å². The van der Waals surface area contributed by atoms with Crippen molar-refractivity contribution in [2.24, 2.45) is 53.3 Å². The molecule has 0 unspecified atom stereocenters. The monoisotopic (exact) mass is 811 g/mol. The van der Waals surface area contributed by atoms with Crippen LogP contribution >= 0.6 is 0 Å². The van der Waals surface area contributed by atoms with Gasteiger partial charge in [-0.1, -0.05) is 81.6 Å². The number of rotatable bonds is 18. The largest absolute Gasteiger partial charge is 0.481 e. The van der Waals surface area contributed by atoms with Crippen molar-refractivity contribution in [3.8, 4) is 0 Å². The Morgan fingerprint density at radius 1 is 0.421 bits per heavy atom. The van der Waals surface area contributed by atoms with Crippen molar-refractivity contribution in [3.63, 3.8) is 0 Å². The summed E-state index contributed by atoms with van der Waals surface area (Å²) in [7, 11) is 0. The zero-order chi connectivity index (χ0) is 43.2. The maximum absolute atomic E-state index is 11.9. The topological polar surface area (TPSA) is 191 Å². The molecule has 3 N–H and O–H groups in total. The first-order valence-corrected chi connectivity index (χ1v) is 21.9. The molecule has 0 amide bonds. The molecule has 0 aromatic heterocycles. The fourth-order valence-corrected chi connectivity index (χ4v) is 8.57. The minimum Gasteiger partial charge on any atom is -0.481 e. The maximum Gasteiger partial charge on any atom is 0.306 e. The van der Waals surface area contributed by atoms with E-state index in [1.54, 1.807) is 0 Å². The second kappa shape index (κ2) is 27.5. The predicted octanol–water partition coefficient (Wildman–Crippen LogP) is 9.74. The third kappa shape index (κ3) is 22.5. The highest BCUT2D eigenvalue weighted by Crippen LogP contribution is 2.37. The Kier molecular flexibility index (Phi) is 25.0. The Balaban J connectivity index is 0.000000428. The van der Waals surface area contributed by atoms with E-state index in [0.29, 0.717) is 78.9 Å². The number of aliphatic carboxylic acids is 3. The van der Waals surface area contributed by atoms with E-state index >= 15 is 0 Å². The van der Waals surface area contributed by atoms with Crippen molar-refractivity contribution in [1.29, 1.82) is 0 Å². The lowest BCUT2D eigenvalue weighted by atomic mass is 9.75. The summed E-state index contributed by atoms with van der Waals surface area (Å²) in [6.45, 7) is 19.6. The highest BCUT2D eigenvalue weighted by Gasteiger charge is 2.35. The second-order valence-corrected chi connectivity index (χ2v) is 18.3. The van der Waals surface area contributed by atoms with Gasteiger partial charge < -0.3 is 29.5 Å². The molecule has 330 valence electrons. The van der Waals surface area contributed by atoms with Crippen molar-refractivity contribution >= 4 is 35.8 Å². The van der Waals surface area contributed by atoms with Gasteiger partial charge in [0, 0.05) is 25.7 Å². The van der Waals surface area contributed by atoms with Crippen LogP contribution in [0.1, 0.15) is 178 Å². The van der Waals surface area contributed by atoms with Crippen LogP contribution in [0.25, 0.3) is 0 Å². The number of hydrogen-bond acceptors (Lipinski definition) is 9. The van der Waals surface area contributed by atoms with Gasteiger partial charge in [-0.15, -0.1) is 0 Å². The van der Waals surface area contributed by atoms with Gasteiger partial charge in [-0.2, -0.15) is 0 Å². The van der Waals surface area contributed by atoms with Crippen molar-refractivity contribution < 1.29 is 58.3 Å². The fraction of sp³-hybridized carbons (Fsp3) is 0.867. The molecule has 12 heteroatoms. The van der Waals surface area contributed by atoms with Gasteiger partial charge >= 0.3 is 35.8 Å². The van der Waals surface area contributed by atoms with Gasteiger partial charge in [0.25, 0.3) is 0 Å². The predicted molar refractivity (Wildman–Crippen MR) is 218 cm³/mol. The number of carbonyl (C=O) groups is 6. The van der Waals surface area contributed by atoms with Crippen LogP contribution in [0, 0.1) is 53.3 Å². The summed E-state index contributed by atoms with van der Waals surface area (Å²) in [6, 6.07) is 0. The van der Waals surface area contributed by atoms with E-state index in [4.69, 9.17) is 29.5 Å². The van der Waals surface area contributed by atoms with Crippen LogP contribution in [0.2, 0.25) is 0 Å². The molecule has 57 heavy (non-hydrogen) atoms. The number of carbonyl (C=O) groups excluding carboxylic acids is 3. The van der Waals surface area contributed by atoms with Crippen molar-refractivity contribution in [2.75, 3.05) is 0 Å². The van der Waals surface area contributed by atoms with E-state index in [1.807, 2.05) is 0 Å². The molecular formula is C45H78O12. The van der Waals surface area contributed by atoms with Gasteiger partial charge in [0.05, 0.1) is 12.8 Å². The van der Waals surface area contributed by atoms with Gasteiger partial charge in [0.1, 0.15) is 18.3 Å². The molecule has 0 saturated heterocycles. The van der Waals surface area contributed by atoms with Gasteiger partial charge in [-0.05, 0) is 111 Å². The molecule has 3 aliphatic rings. The number of hydrogen-bond donors (Lipinski definition) is 3. The molecular weight excluding hydrogens is 732 g/mol. The summed E-state index contributed by atoms with van der Waals surface area (Å²) in [4.78, 5) is 66.4. The van der Waals surface area contributed by atoms with Crippen molar-refractivity contribution in [2.45, 2.75) is 196 Å². The Hall–Kier alpha value is -3.18. The second-order valence-electron chi connectivity index (χ2n) is 18.3. The van der Waals surface area contributed by atoms with Gasteiger partial charge in [-0.3, -0.25) is 28.8 Å². The Morgan fingerprint density at radius 3 is 1.02 bits per heavy atom. The minimum absolute atomic E-state index is 0.0149. The van der Waals surface area contributed by atoms with Crippen molar-refractivity contribution in [3.05, 3.63) is 0 Å². The Morgan fingerprint density at radius 2 is 0.702 bits per heavy atom. The van der Waals surface area contributed by atoms with Crippen LogP contribution in [0.4, 0.5) is 0 Å². The molecule has 3 fully saturated rings. The molecule has 0 radical (unpaired) electrons. The molecule has 0 aliphatic heterocycles. The minimum atomic E-state index is -0.954. The first kappa shape index (κ1) is 51.8. The maximum atomic E-state index is 11.9. The molecule has 0 bridgehead atoms. The molecule has 3 saturated carbocycles. The molecule has 0 aromatic carbocycles. The first-order valence-electron chi connectivity index (χ1n) is 21.9. The Labute approximate surface area is 342 Å². The van der Waals surface area contributed by atoms with E-state index in [0.717, 1.165) is 38.5 Å². The first-order chi connectivity index (χ1) is 26.7. The SMILES string of the molecule is CC(C)[C@@H]1CC[C@@H](C)C[C@H]1OC(=O)CCC(=O)O.CC(C)[C@@H]1CC[C@@H](C)C[C@H]1OC(=O)CCCC(=O)O.CC(C)[C@@H]1CC[C@@H](C)C[C@H]1OC(=O)CCCCC(=O)O. The van der Waals surface area contributed by atoms with Crippen LogP contribution in [-0.4, -0.2) is 69.4 Å². The third-order valence-electron chi connectivity index (χ3n) is 12.1. The quantitative estimate of drug-likeness (QED) is 0.0676. The molecule has 0 spiro atoms. The van der Waals surface area contributed by atoms with E-state index in [1.165, 1.54) is 19.3 Å². The van der Waals surface area contributed by atoms with Crippen LogP contribution < -0.4 is 0 Å². The number of unbranched alkanes of at least 4 members (excludes halogenated alkanes) is 1. The number of ether oxygens (including phenoxy) is 3. The molecule has 0 heterocycles. The lowest BCUT2D eigenvalue weighted by Gasteiger charge is -2.36. The zero-order valence-electron chi connectivity index (χ0n) is 36.7. The van der Waals surface area contributed by atoms with Crippen LogP contribution in [0.5, 0.6) is 0 Å². The summed E-state index contributed by atoms with van der Waals surface area (Å²) < 4.78 is 16.7. The van der Waals surface area contributed by atoms with Gasteiger partial charge in [-0.25, -0.2) is 0 Å². The van der Waals surface area contributed by atoms with Crippen molar-refractivity contribution in [1.82, 2.24) is 0 Å². The standard InChI is InChI=1S/C16H28O4.C15H26O4.C14H24O4/c1-11(2)13-9-8-12(3)10-14(13)20-16(19)7-5-4-6-15(17)18;1-10(2)12-8-7-11(3)9-13(12)19-15(18)6-4-5-14(16)17;1-9(2)11-5-4-10(3)8-12(11)18-14(17)7-6-13(15)16/h11-14H,4-10H2,1-3H3,(H,17,18);10-13H,4-9H2,1-3H3,(H,16,17);9-12H,4-8H2,1-3H3,(H,15,16)/t12-,13+,14-;11-,12+,13-;10-,11+,12-/m111/s1. The third-order valence-corrected chi connectivity index (χ3v) is 12.1. The fourth-order valence-electron chi connectivity index (χ4n) is 8.57. The van der Waals surface area contributed by atoms with E-state index < -0.39 is 17.9 Å². The van der Waals surface area contributed by atoms with Crippen LogP contribution in [0.15, 0.2) is 0 Å². The summed E-state index contributed by atoms with van der Waals surface area (Å²) >= 11 is 0. The summed E-state index contributed by atoms with van der Waals surface area (Å²) in [5, 5.41) is 25.6. The Bertz CT molecular complexity index is 1230. The average molecular weight is 811 g/mol. The highest BCUT2D eigenvalue weighted by atomic mass is 16.6. The lowest BCUT2D eigenvalue weighted by molar-refractivity contribution is -0.158. The normalized spacial score (nSPS) is 27.3. The van der Waals surface area contributed by atoms with E-state index in [2.05, 4.69) is 62.3 Å². The van der Waals surface area contributed by atoms with E-state index in [-0.39, 0.29) is 68.3 Å². The number of carboxylic acids is 3. The zero-order valence-corrected chi connectivity index (χ0v) is 36.7. The van der Waals surface area contributed by atoms with Crippen LogP contribution in [0.3, 0.4) is 0 Å². The van der Waals surface area contributed by atoms with Crippen LogP contribution in [-0.2, 0) is 43.0 Å². The number of carboxylic acid groups (broad SMARTS) is 3. The molecule has 3 rings (SSSR count). The molecule has 3 aliphatic carbocycles.